The zero-order valence-electron chi connectivity index (χ0n) is 15.2. The molecule has 1 atom stereocenters. The fraction of sp³-hybridized carbons (Fsp3) is 0.150. The number of benzene rings is 2. The van der Waals surface area contributed by atoms with E-state index in [0.29, 0.717) is 15.9 Å². The number of para-hydroxylation sites is 3. The van der Waals surface area contributed by atoms with E-state index >= 15 is 0 Å². The first-order valence-corrected chi connectivity index (χ1v) is 10.3. The van der Waals surface area contributed by atoms with Crippen LogP contribution in [0.1, 0.15) is 6.92 Å². The van der Waals surface area contributed by atoms with Crippen LogP contribution >= 0.6 is 23.1 Å². The van der Waals surface area contributed by atoms with Gasteiger partial charge in [-0.25, -0.2) is 9.97 Å². The minimum atomic E-state index is -0.383. The Morgan fingerprint density at radius 3 is 2.79 bits per heavy atom. The van der Waals surface area contributed by atoms with Gasteiger partial charge >= 0.3 is 0 Å². The second-order valence-electron chi connectivity index (χ2n) is 5.94. The standard InChI is InChI=1S/C20H17N3O3S2/c1-12(28-20-22-14-8-4-6-10-17(14)26-20)18(24)23-19-21-15(11-27-19)13-7-3-5-9-16(13)25-2/h3-12H,1-2H3,(H,21,23,24). The molecule has 4 rings (SSSR count). The number of hydrogen-bond donors (Lipinski definition) is 1. The Morgan fingerprint density at radius 2 is 1.96 bits per heavy atom. The molecule has 0 aliphatic carbocycles. The number of methoxy groups -OCH3 is 1. The molecule has 6 nitrogen and oxygen atoms in total. The Bertz CT molecular complexity index is 1090. The van der Waals surface area contributed by atoms with E-state index in [1.165, 1.54) is 23.1 Å². The van der Waals surface area contributed by atoms with Crippen molar-refractivity contribution in [1.29, 1.82) is 0 Å². The second-order valence-corrected chi connectivity index (χ2v) is 8.09. The van der Waals surface area contributed by atoms with Gasteiger partial charge < -0.3 is 14.5 Å². The molecule has 142 valence electrons. The minimum Gasteiger partial charge on any atom is -0.496 e. The van der Waals surface area contributed by atoms with Crippen LogP contribution in [0.3, 0.4) is 0 Å². The summed E-state index contributed by atoms with van der Waals surface area (Å²) in [5.41, 5.74) is 3.13. The number of ether oxygens (including phenoxy) is 1. The van der Waals surface area contributed by atoms with Crippen molar-refractivity contribution in [3.05, 3.63) is 53.9 Å². The van der Waals surface area contributed by atoms with Crippen LogP contribution in [0.2, 0.25) is 0 Å². The van der Waals surface area contributed by atoms with Gasteiger partial charge in [-0.1, -0.05) is 36.0 Å². The minimum absolute atomic E-state index is 0.159. The Labute approximate surface area is 170 Å². The molecular formula is C20H17N3O3S2. The van der Waals surface area contributed by atoms with Crippen molar-refractivity contribution in [2.75, 3.05) is 12.4 Å². The van der Waals surface area contributed by atoms with E-state index in [1.807, 2.05) is 60.8 Å². The molecule has 0 saturated carbocycles. The highest BCUT2D eigenvalue weighted by atomic mass is 32.2. The van der Waals surface area contributed by atoms with Gasteiger partial charge in [0.15, 0.2) is 10.7 Å². The maximum atomic E-state index is 12.5. The Hall–Kier alpha value is -2.84. The van der Waals surface area contributed by atoms with E-state index in [4.69, 9.17) is 9.15 Å². The van der Waals surface area contributed by atoms with Crippen molar-refractivity contribution in [3.63, 3.8) is 0 Å². The molecule has 1 unspecified atom stereocenters. The summed E-state index contributed by atoms with van der Waals surface area (Å²) >= 11 is 2.65. The number of nitrogens with zero attached hydrogens (tertiary/aromatic N) is 2. The zero-order chi connectivity index (χ0) is 19.5. The smallest absolute Gasteiger partial charge is 0.257 e. The molecule has 0 fully saturated rings. The molecule has 0 saturated heterocycles. The predicted molar refractivity (Wildman–Crippen MR) is 112 cm³/mol. The van der Waals surface area contributed by atoms with Crippen molar-refractivity contribution in [2.24, 2.45) is 0 Å². The molecule has 0 aliphatic rings. The van der Waals surface area contributed by atoms with E-state index in [1.54, 1.807) is 7.11 Å². The van der Waals surface area contributed by atoms with Crippen LogP contribution < -0.4 is 10.1 Å². The number of fused-ring (bicyclic) bond motifs is 1. The topological polar surface area (TPSA) is 77.2 Å². The van der Waals surface area contributed by atoms with Gasteiger partial charge in [0, 0.05) is 10.9 Å². The summed E-state index contributed by atoms with van der Waals surface area (Å²) < 4.78 is 11.0. The molecule has 0 bridgehead atoms. The summed E-state index contributed by atoms with van der Waals surface area (Å²) in [4.78, 5) is 21.4. The molecule has 2 aromatic carbocycles. The SMILES string of the molecule is COc1ccccc1-c1csc(NC(=O)C(C)Sc2nc3ccccc3o2)n1. The summed E-state index contributed by atoms with van der Waals surface area (Å²) in [6.07, 6.45) is 0. The molecule has 8 heteroatoms. The number of aromatic nitrogens is 2. The summed E-state index contributed by atoms with van der Waals surface area (Å²) in [7, 11) is 1.62. The van der Waals surface area contributed by atoms with Crippen LogP contribution in [0.4, 0.5) is 5.13 Å². The Balaban J connectivity index is 1.44. The number of amides is 1. The van der Waals surface area contributed by atoms with E-state index < -0.39 is 0 Å². The van der Waals surface area contributed by atoms with Crippen LogP contribution in [-0.2, 0) is 4.79 Å². The number of oxazole rings is 1. The van der Waals surface area contributed by atoms with Crippen molar-refractivity contribution in [2.45, 2.75) is 17.4 Å². The van der Waals surface area contributed by atoms with Gasteiger partial charge in [0.1, 0.15) is 11.3 Å². The van der Waals surface area contributed by atoms with Crippen LogP contribution in [0.15, 0.2) is 63.6 Å². The third-order valence-corrected chi connectivity index (χ3v) is 5.74. The number of thiazole rings is 1. The first-order chi connectivity index (χ1) is 13.6. The second kappa shape index (κ2) is 8.04. The fourth-order valence-corrected chi connectivity index (χ4v) is 4.10. The van der Waals surface area contributed by atoms with E-state index in [0.717, 1.165) is 22.5 Å². The number of hydrogen-bond acceptors (Lipinski definition) is 7. The zero-order valence-corrected chi connectivity index (χ0v) is 16.8. The van der Waals surface area contributed by atoms with Crippen molar-refractivity contribution >= 4 is 45.2 Å². The van der Waals surface area contributed by atoms with Gasteiger partial charge in [-0.3, -0.25) is 4.79 Å². The van der Waals surface area contributed by atoms with Gasteiger partial charge in [0.05, 0.1) is 18.1 Å². The number of carbonyl (C=O) groups excluding carboxylic acids is 1. The molecular weight excluding hydrogens is 394 g/mol. The highest BCUT2D eigenvalue weighted by Gasteiger charge is 2.19. The van der Waals surface area contributed by atoms with Crippen LogP contribution in [0.5, 0.6) is 5.75 Å². The monoisotopic (exact) mass is 411 g/mol. The third-order valence-electron chi connectivity index (χ3n) is 4.04. The summed E-state index contributed by atoms with van der Waals surface area (Å²) in [5.74, 6) is 0.582. The number of nitrogens with one attached hydrogen (secondary N) is 1. The Kier molecular flexibility index (Phi) is 5.31. The van der Waals surface area contributed by atoms with Gasteiger partial charge in [-0.2, -0.15) is 0 Å². The predicted octanol–water partition coefficient (Wildman–Crippen LogP) is 5.08. The fourth-order valence-electron chi connectivity index (χ4n) is 2.62. The molecule has 0 radical (unpaired) electrons. The highest BCUT2D eigenvalue weighted by Crippen LogP contribution is 2.32. The number of anilines is 1. The number of rotatable bonds is 6. The van der Waals surface area contributed by atoms with Crippen LogP contribution in [0, 0.1) is 0 Å². The highest BCUT2D eigenvalue weighted by molar-refractivity contribution is 8.00. The van der Waals surface area contributed by atoms with Crippen molar-refractivity contribution in [1.82, 2.24) is 9.97 Å². The maximum absolute atomic E-state index is 12.5. The van der Waals surface area contributed by atoms with Gasteiger partial charge in [0.2, 0.25) is 5.91 Å². The lowest BCUT2D eigenvalue weighted by molar-refractivity contribution is -0.115. The number of thioether (sulfide) groups is 1. The lowest BCUT2D eigenvalue weighted by atomic mass is 10.1. The van der Waals surface area contributed by atoms with Gasteiger partial charge in [-0.15, -0.1) is 11.3 Å². The summed E-state index contributed by atoms with van der Waals surface area (Å²) in [5, 5.41) is 5.38. The maximum Gasteiger partial charge on any atom is 0.257 e. The van der Waals surface area contributed by atoms with Crippen LogP contribution in [-0.4, -0.2) is 28.2 Å². The molecule has 4 aromatic rings. The Morgan fingerprint density at radius 1 is 1.18 bits per heavy atom. The quantitative estimate of drug-likeness (QED) is 0.446. The van der Waals surface area contributed by atoms with Gasteiger partial charge in [0.25, 0.3) is 5.22 Å². The average Bonchev–Trinajstić information content (AvgIpc) is 3.34. The largest absolute Gasteiger partial charge is 0.496 e. The summed E-state index contributed by atoms with van der Waals surface area (Å²) in [6.45, 7) is 1.81. The summed E-state index contributed by atoms with van der Waals surface area (Å²) in [6, 6.07) is 15.2. The molecule has 0 aliphatic heterocycles. The first-order valence-electron chi connectivity index (χ1n) is 8.56. The lowest BCUT2D eigenvalue weighted by Crippen LogP contribution is -2.22. The lowest BCUT2D eigenvalue weighted by Gasteiger charge is -2.08. The van der Waals surface area contributed by atoms with E-state index in [9.17, 15) is 4.79 Å². The molecule has 28 heavy (non-hydrogen) atoms. The molecule has 1 N–H and O–H groups in total. The van der Waals surface area contributed by atoms with Gasteiger partial charge in [-0.05, 0) is 31.2 Å². The van der Waals surface area contributed by atoms with Crippen LogP contribution in [0.25, 0.3) is 22.4 Å². The first kappa shape index (κ1) is 18.5. The van der Waals surface area contributed by atoms with E-state index in [-0.39, 0.29) is 11.2 Å². The molecule has 2 aromatic heterocycles. The molecule has 1 amide bonds. The van der Waals surface area contributed by atoms with Crippen molar-refractivity contribution in [3.8, 4) is 17.0 Å². The number of carbonyl (C=O) groups is 1. The average molecular weight is 412 g/mol. The molecule has 0 spiro atoms. The third kappa shape index (κ3) is 3.88. The van der Waals surface area contributed by atoms with Crippen molar-refractivity contribution < 1.29 is 13.9 Å². The molecule has 2 heterocycles. The normalized spacial score (nSPS) is 12.1. The van der Waals surface area contributed by atoms with E-state index in [2.05, 4.69) is 15.3 Å².